The highest BCUT2D eigenvalue weighted by Gasteiger charge is 2.20. The number of piperidine rings is 1. The van der Waals surface area contributed by atoms with Crippen LogP contribution in [0.5, 0.6) is 11.5 Å². The Bertz CT molecular complexity index is 991. The fourth-order valence-electron chi connectivity index (χ4n) is 4.02. The van der Waals surface area contributed by atoms with E-state index in [1.807, 2.05) is 18.3 Å². The molecule has 1 N–H and O–H groups in total. The zero-order chi connectivity index (χ0) is 20.8. The van der Waals surface area contributed by atoms with E-state index in [9.17, 15) is 0 Å². The Kier molecular flexibility index (Phi) is 6.50. The van der Waals surface area contributed by atoms with Crippen molar-refractivity contribution in [2.75, 3.05) is 32.1 Å². The van der Waals surface area contributed by atoms with Crippen LogP contribution in [0.15, 0.2) is 67.4 Å². The Morgan fingerprint density at radius 3 is 2.77 bits per heavy atom. The molecule has 3 aromatic rings. The van der Waals surface area contributed by atoms with E-state index >= 15 is 0 Å². The maximum Gasteiger partial charge on any atom is 0.161 e. The Morgan fingerprint density at radius 2 is 1.97 bits per heavy atom. The van der Waals surface area contributed by atoms with Gasteiger partial charge in [0.25, 0.3) is 0 Å². The normalized spacial score (nSPS) is 15.1. The van der Waals surface area contributed by atoms with Crippen molar-refractivity contribution in [1.29, 1.82) is 0 Å². The molecule has 1 saturated heterocycles. The molecule has 30 heavy (non-hydrogen) atoms. The van der Waals surface area contributed by atoms with Crippen LogP contribution >= 0.6 is 0 Å². The SMILES string of the molecule is C=CCOc1cc(CN2CCC(Nc3ccnc4ccccc34)CC2)ccc1OC. The minimum Gasteiger partial charge on any atom is -0.493 e. The molecule has 1 aliphatic heterocycles. The van der Waals surface area contributed by atoms with Gasteiger partial charge in [0.1, 0.15) is 6.61 Å². The average Bonchev–Trinajstić information content (AvgIpc) is 2.79. The predicted molar refractivity (Wildman–Crippen MR) is 122 cm³/mol. The minimum absolute atomic E-state index is 0.473. The van der Waals surface area contributed by atoms with Gasteiger partial charge in [0.15, 0.2) is 11.5 Å². The second-order valence-corrected chi connectivity index (χ2v) is 7.66. The van der Waals surface area contributed by atoms with Crippen molar-refractivity contribution in [3.05, 3.63) is 72.9 Å². The highest BCUT2D eigenvalue weighted by atomic mass is 16.5. The summed E-state index contributed by atoms with van der Waals surface area (Å²) in [6.07, 6.45) is 5.87. The molecule has 1 aliphatic rings. The number of ether oxygens (including phenoxy) is 2. The highest BCUT2D eigenvalue weighted by molar-refractivity contribution is 5.90. The van der Waals surface area contributed by atoms with Gasteiger partial charge in [-0.25, -0.2) is 0 Å². The first-order valence-electron chi connectivity index (χ1n) is 10.5. The topological polar surface area (TPSA) is 46.6 Å². The van der Waals surface area contributed by atoms with Gasteiger partial charge in [-0.2, -0.15) is 0 Å². The summed E-state index contributed by atoms with van der Waals surface area (Å²) in [5.41, 5.74) is 3.45. The monoisotopic (exact) mass is 403 g/mol. The number of methoxy groups -OCH3 is 1. The van der Waals surface area contributed by atoms with Gasteiger partial charge in [-0.1, -0.05) is 36.9 Å². The number of aromatic nitrogens is 1. The molecule has 0 saturated carbocycles. The molecule has 0 amide bonds. The quantitative estimate of drug-likeness (QED) is 0.543. The molecule has 4 rings (SSSR count). The molecule has 0 bridgehead atoms. The third kappa shape index (κ3) is 4.74. The number of fused-ring (bicyclic) bond motifs is 1. The van der Waals surface area contributed by atoms with Crippen molar-refractivity contribution in [1.82, 2.24) is 9.88 Å². The molecular formula is C25H29N3O2. The molecule has 0 aliphatic carbocycles. The largest absolute Gasteiger partial charge is 0.493 e. The van der Waals surface area contributed by atoms with Crippen LogP contribution in [-0.4, -0.2) is 42.7 Å². The zero-order valence-electron chi connectivity index (χ0n) is 17.5. The van der Waals surface area contributed by atoms with Gasteiger partial charge < -0.3 is 14.8 Å². The van der Waals surface area contributed by atoms with Gasteiger partial charge in [0.05, 0.1) is 12.6 Å². The van der Waals surface area contributed by atoms with Gasteiger partial charge in [-0.3, -0.25) is 9.88 Å². The summed E-state index contributed by atoms with van der Waals surface area (Å²) in [4.78, 5) is 6.96. The number of hydrogen-bond donors (Lipinski definition) is 1. The summed E-state index contributed by atoms with van der Waals surface area (Å²) in [6, 6.07) is 17.0. The van der Waals surface area contributed by atoms with Crippen LogP contribution in [0.1, 0.15) is 18.4 Å². The number of para-hydroxylation sites is 1. The van der Waals surface area contributed by atoms with E-state index in [-0.39, 0.29) is 0 Å². The molecule has 5 heteroatoms. The van der Waals surface area contributed by atoms with Crippen LogP contribution in [-0.2, 0) is 6.54 Å². The molecule has 2 heterocycles. The lowest BCUT2D eigenvalue weighted by molar-refractivity contribution is 0.211. The molecule has 0 unspecified atom stereocenters. The first kappa shape index (κ1) is 20.2. The Morgan fingerprint density at radius 1 is 1.13 bits per heavy atom. The average molecular weight is 404 g/mol. The van der Waals surface area contributed by atoms with Crippen molar-refractivity contribution in [3.8, 4) is 11.5 Å². The van der Waals surface area contributed by atoms with E-state index in [4.69, 9.17) is 9.47 Å². The third-order valence-electron chi connectivity index (χ3n) is 5.59. The Hall–Kier alpha value is -3.05. The maximum atomic E-state index is 5.75. The van der Waals surface area contributed by atoms with E-state index in [1.54, 1.807) is 13.2 Å². The molecule has 5 nitrogen and oxygen atoms in total. The predicted octanol–water partition coefficient (Wildman–Crippen LogP) is 4.88. The van der Waals surface area contributed by atoms with Crippen molar-refractivity contribution < 1.29 is 9.47 Å². The number of anilines is 1. The summed E-state index contributed by atoms with van der Waals surface area (Å²) in [6.45, 7) is 7.24. The fourth-order valence-corrected chi connectivity index (χ4v) is 4.02. The minimum atomic E-state index is 0.473. The molecular weight excluding hydrogens is 374 g/mol. The van der Waals surface area contributed by atoms with Crippen LogP contribution in [0.2, 0.25) is 0 Å². The van der Waals surface area contributed by atoms with E-state index in [2.05, 4.69) is 58.2 Å². The maximum absolute atomic E-state index is 5.75. The molecule has 2 aromatic carbocycles. The molecule has 0 radical (unpaired) electrons. The molecule has 156 valence electrons. The van der Waals surface area contributed by atoms with Gasteiger partial charge in [0, 0.05) is 42.9 Å². The van der Waals surface area contributed by atoms with Gasteiger partial charge in [-0.05, 0) is 42.7 Å². The first-order valence-corrected chi connectivity index (χ1v) is 10.5. The lowest BCUT2D eigenvalue weighted by Gasteiger charge is -2.33. The molecule has 1 aromatic heterocycles. The van der Waals surface area contributed by atoms with Crippen molar-refractivity contribution >= 4 is 16.6 Å². The van der Waals surface area contributed by atoms with Crippen molar-refractivity contribution in [3.63, 3.8) is 0 Å². The van der Waals surface area contributed by atoms with Gasteiger partial charge in [-0.15, -0.1) is 0 Å². The smallest absolute Gasteiger partial charge is 0.161 e. The molecule has 1 fully saturated rings. The van der Waals surface area contributed by atoms with Crippen LogP contribution in [0.25, 0.3) is 10.9 Å². The Balaban J connectivity index is 1.35. The van der Waals surface area contributed by atoms with Gasteiger partial charge in [0.2, 0.25) is 0 Å². The second-order valence-electron chi connectivity index (χ2n) is 7.66. The summed E-state index contributed by atoms with van der Waals surface area (Å²) >= 11 is 0. The summed E-state index contributed by atoms with van der Waals surface area (Å²) < 4.78 is 11.2. The first-order chi connectivity index (χ1) is 14.8. The van der Waals surface area contributed by atoms with Crippen LogP contribution < -0.4 is 14.8 Å². The Labute approximate surface area is 178 Å². The summed E-state index contributed by atoms with van der Waals surface area (Å²) in [5, 5.41) is 4.93. The van der Waals surface area contributed by atoms with E-state index in [1.165, 1.54) is 16.6 Å². The fraction of sp³-hybridized carbons (Fsp3) is 0.320. The zero-order valence-corrected chi connectivity index (χ0v) is 17.5. The third-order valence-corrected chi connectivity index (χ3v) is 5.59. The summed E-state index contributed by atoms with van der Waals surface area (Å²) in [7, 11) is 1.67. The number of nitrogens with zero attached hydrogens (tertiary/aromatic N) is 2. The molecule has 0 atom stereocenters. The number of rotatable bonds is 8. The number of pyridine rings is 1. The highest BCUT2D eigenvalue weighted by Crippen LogP contribution is 2.29. The standard InChI is InChI=1S/C25H29N3O2/c1-3-16-30-25-17-19(8-9-24(25)29-2)18-28-14-11-20(12-15-28)27-23-10-13-26-22-7-5-4-6-21(22)23/h3-10,13,17,20H,1,11-12,14-16,18H2,2H3,(H,26,27). The van der Waals surface area contributed by atoms with E-state index in [0.29, 0.717) is 12.6 Å². The van der Waals surface area contributed by atoms with Crippen LogP contribution in [0, 0.1) is 0 Å². The van der Waals surface area contributed by atoms with Gasteiger partial charge >= 0.3 is 0 Å². The van der Waals surface area contributed by atoms with E-state index < -0.39 is 0 Å². The van der Waals surface area contributed by atoms with Crippen LogP contribution in [0.4, 0.5) is 5.69 Å². The number of likely N-dealkylation sites (tertiary alicyclic amines) is 1. The van der Waals surface area contributed by atoms with E-state index in [0.717, 1.165) is 49.5 Å². The number of hydrogen-bond acceptors (Lipinski definition) is 5. The van der Waals surface area contributed by atoms with Crippen LogP contribution in [0.3, 0.4) is 0 Å². The lowest BCUT2D eigenvalue weighted by Crippen LogP contribution is -2.38. The second kappa shape index (κ2) is 9.63. The molecule has 0 spiro atoms. The van der Waals surface area contributed by atoms with Crippen molar-refractivity contribution in [2.24, 2.45) is 0 Å². The number of benzene rings is 2. The lowest BCUT2D eigenvalue weighted by atomic mass is 10.0. The summed E-state index contributed by atoms with van der Waals surface area (Å²) in [5.74, 6) is 1.53. The number of nitrogens with one attached hydrogen (secondary N) is 1. The van der Waals surface area contributed by atoms with Crippen molar-refractivity contribution in [2.45, 2.75) is 25.4 Å².